The minimum absolute atomic E-state index is 0.532. The number of nitrogens with zero attached hydrogens (tertiary/aromatic N) is 2. The molecule has 14 heavy (non-hydrogen) atoms. The lowest BCUT2D eigenvalue weighted by Gasteiger charge is -2.12. The number of aromatic nitrogens is 2. The standard InChI is InChI=1S/C10H16N4/c11-14-10-12-7-8-5-3-1-2-4-6-9(8)13-10/h7H,1-6,11H2,(H,12,13,14). The molecule has 0 saturated carbocycles. The highest BCUT2D eigenvalue weighted by atomic mass is 15.3. The van der Waals surface area contributed by atoms with Crippen LogP contribution in [0.25, 0.3) is 0 Å². The van der Waals surface area contributed by atoms with Gasteiger partial charge in [-0.05, 0) is 31.2 Å². The van der Waals surface area contributed by atoms with Crippen molar-refractivity contribution < 1.29 is 0 Å². The Morgan fingerprint density at radius 2 is 1.93 bits per heavy atom. The summed E-state index contributed by atoms with van der Waals surface area (Å²) in [6, 6.07) is 0. The van der Waals surface area contributed by atoms with Gasteiger partial charge in [-0.2, -0.15) is 0 Å². The van der Waals surface area contributed by atoms with Gasteiger partial charge < -0.3 is 0 Å². The van der Waals surface area contributed by atoms with Gasteiger partial charge in [-0.15, -0.1) is 0 Å². The summed E-state index contributed by atoms with van der Waals surface area (Å²) in [7, 11) is 0. The average molecular weight is 192 g/mol. The van der Waals surface area contributed by atoms with E-state index in [2.05, 4.69) is 15.4 Å². The van der Waals surface area contributed by atoms with Gasteiger partial charge in [0.25, 0.3) is 0 Å². The third-order valence-corrected chi connectivity index (χ3v) is 2.69. The van der Waals surface area contributed by atoms with E-state index in [0.29, 0.717) is 5.95 Å². The maximum Gasteiger partial charge on any atom is 0.237 e. The normalized spacial score (nSPS) is 16.6. The van der Waals surface area contributed by atoms with Crippen LogP contribution in [0.5, 0.6) is 0 Å². The monoisotopic (exact) mass is 192 g/mol. The largest absolute Gasteiger partial charge is 0.292 e. The first-order valence-corrected chi connectivity index (χ1v) is 5.21. The number of nitrogens with one attached hydrogen (secondary N) is 1. The molecule has 76 valence electrons. The van der Waals surface area contributed by atoms with E-state index < -0.39 is 0 Å². The first-order valence-electron chi connectivity index (χ1n) is 5.21. The number of nitrogens with two attached hydrogens (primary N) is 1. The molecular weight excluding hydrogens is 176 g/mol. The Labute approximate surface area is 83.9 Å². The first kappa shape index (κ1) is 9.40. The lowest BCUT2D eigenvalue weighted by atomic mass is 9.98. The zero-order chi connectivity index (χ0) is 9.80. The lowest BCUT2D eigenvalue weighted by Crippen LogP contribution is -2.13. The van der Waals surface area contributed by atoms with E-state index in [1.54, 1.807) is 0 Å². The molecule has 1 heterocycles. The fourth-order valence-corrected chi connectivity index (χ4v) is 1.90. The van der Waals surface area contributed by atoms with Crippen molar-refractivity contribution in [3.8, 4) is 0 Å². The van der Waals surface area contributed by atoms with Gasteiger partial charge in [0, 0.05) is 11.9 Å². The van der Waals surface area contributed by atoms with Crippen molar-refractivity contribution in [3.63, 3.8) is 0 Å². The second-order valence-corrected chi connectivity index (χ2v) is 3.72. The van der Waals surface area contributed by atoms with Crippen molar-refractivity contribution in [3.05, 3.63) is 17.5 Å². The molecule has 1 aliphatic carbocycles. The number of hydrogen-bond acceptors (Lipinski definition) is 4. The van der Waals surface area contributed by atoms with Crippen LogP contribution in [0.1, 0.15) is 36.9 Å². The van der Waals surface area contributed by atoms with Crippen molar-refractivity contribution >= 4 is 5.95 Å². The van der Waals surface area contributed by atoms with Gasteiger partial charge in [0.2, 0.25) is 5.95 Å². The number of aryl methyl sites for hydroxylation is 2. The zero-order valence-electron chi connectivity index (χ0n) is 8.29. The number of fused-ring (bicyclic) bond motifs is 1. The molecule has 0 bridgehead atoms. The predicted molar refractivity (Wildman–Crippen MR) is 55.7 cm³/mol. The Morgan fingerprint density at radius 1 is 1.14 bits per heavy atom. The van der Waals surface area contributed by atoms with Crippen molar-refractivity contribution in [2.75, 3.05) is 5.43 Å². The van der Waals surface area contributed by atoms with Gasteiger partial charge in [-0.3, -0.25) is 5.43 Å². The smallest absolute Gasteiger partial charge is 0.237 e. The molecule has 1 aromatic rings. The third kappa shape index (κ3) is 2.01. The molecule has 0 amide bonds. The van der Waals surface area contributed by atoms with Gasteiger partial charge in [0.1, 0.15) is 0 Å². The maximum atomic E-state index is 5.28. The van der Waals surface area contributed by atoms with Gasteiger partial charge in [-0.1, -0.05) is 12.8 Å². The van der Waals surface area contributed by atoms with Gasteiger partial charge >= 0.3 is 0 Å². The van der Waals surface area contributed by atoms with Crippen molar-refractivity contribution in [2.45, 2.75) is 38.5 Å². The molecule has 2 rings (SSSR count). The molecule has 4 heteroatoms. The van der Waals surface area contributed by atoms with E-state index in [4.69, 9.17) is 5.84 Å². The molecule has 0 aliphatic heterocycles. The summed E-state index contributed by atoms with van der Waals surface area (Å²) in [5, 5.41) is 0. The summed E-state index contributed by atoms with van der Waals surface area (Å²) in [4.78, 5) is 8.52. The van der Waals surface area contributed by atoms with Crippen LogP contribution in [0.2, 0.25) is 0 Å². The minimum atomic E-state index is 0.532. The molecular formula is C10H16N4. The molecule has 0 atom stereocenters. The summed E-state index contributed by atoms with van der Waals surface area (Å²) >= 11 is 0. The van der Waals surface area contributed by atoms with E-state index in [-0.39, 0.29) is 0 Å². The van der Waals surface area contributed by atoms with Gasteiger partial charge in [-0.25, -0.2) is 15.8 Å². The quantitative estimate of drug-likeness (QED) is 0.522. The highest BCUT2D eigenvalue weighted by Crippen LogP contribution is 2.18. The molecule has 4 nitrogen and oxygen atoms in total. The predicted octanol–water partition coefficient (Wildman–Crippen LogP) is 1.42. The summed E-state index contributed by atoms with van der Waals surface area (Å²) < 4.78 is 0. The zero-order valence-corrected chi connectivity index (χ0v) is 8.29. The number of nitrogen functional groups attached to an aromatic ring is 1. The highest BCUT2D eigenvalue weighted by molar-refractivity contribution is 5.28. The first-order chi connectivity index (χ1) is 6.90. The fraction of sp³-hybridized carbons (Fsp3) is 0.600. The van der Waals surface area contributed by atoms with Crippen LogP contribution in [0.3, 0.4) is 0 Å². The van der Waals surface area contributed by atoms with Crippen LogP contribution in [-0.4, -0.2) is 9.97 Å². The molecule has 1 aliphatic rings. The second-order valence-electron chi connectivity index (χ2n) is 3.72. The molecule has 0 unspecified atom stereocenters. The molecule has 0 aromatic carbocycles. The number of hydrogen-bond donors (Lipinski definition) is 2. The average Bonchev–Trinajstić information content (AvgIpc) is 2.18. The number of hydrazine groups is 1. The Balaban J connectivity index is 2.26. The van der Waals surface area contributed by atoms with Crippen molar-refractivity contribution in [2.24, 2.45) is 5.84 Å². The molecule has 3 N–H and O–H groups in total. The number of anilines is 1. The van der Waals surface area contributed by atoms with Crippen molar-refractivity contribution in [1.29, 1.82) is 0 Å². The topological polar surface area (TPSA) is 63.8 Å². The van der Waals surface area contributed by atoms with Gasteiger partial charge in [0.05, 0.1) is 0 Å². The lowest BCUT2D eigenvalue weighted by molar-refractivity contribution is 0.607. The third-order valence-electron chi connectivity index (χ3n) is 2.69. The molecule has 1 aromatic heterocycles. The molecule has 0 fully saturated rings. The Hall–Kier alpha value is -1.16. The Bertz CT molecular complexity index is 311. The van der Waals surface area contributed by atoms with Crippen LogP contribution < -0.4 is 11.3 Å². The van der Waals surface area contributed by atoms with Crippen LogP contribution in [-0.2, 0) is 12.8 Å². The minimum Gasteiger partial charge on any atom is -0.292 e. The summed E-state index contributed by atoms with van der Waals surface area (Å²) in [6.07, 6.45) is 9.21. The van der Waals surface area contributed by atoms with E-state index >= 15 is 0 Å². The fourth-order valence-electron chi connectivity index (χ4n) is 1.90. The molecule has 0 radical (unpaired) electrons. The van der Waals surface area contributed by atoms with E-state index in [1.165, 1.54) is 36.9 Å². The SMILES string of the molecule is NNc1ncc2c(n1)CCCCCC2. The summed E-state index contributed by atoms with van der Waals surface area (Å²) in [5.41, 5.74) is 4.96. The van der Waals surface area contributed by atoms with Gasteiger partial charge in [0.15, 0.2) is 0 Å². The Kier molecular flexibility index (Phi) is 2.93. The van der Waals surface area contributed by atoms with E-state index in [9.17, 15) is 0 Å². The molecule has 0 saturated heterocycles. The van der Waals surface area contributed by atoms with E-state index in [0.717, 1.165) is 12.8 Å². The second kappa shape index (κ2) is 4.37. The highest BCUT2D eigenvalue weighted by Gasteiger charge is 2.09. The van der Waals surface area contributed by atoms with Crippen LogP contribution in [0.4, 0.5) is 5.95 Å². The van der Waals surface area contributed by atoms with Crippen molar-refractivity contribution in [1.82, 2.24) is 9.97 Å². The van der Waals surface area contributed by atoms with E-state index in [1.807, 2.05) is 6.20 Å². The summed E-state index contributed by atoms with van der Waals surface area (Å²) in [6.45, 7) is 0. The van der Waals surface area contributed by atoms with Crippen LogP contribution in [0.15, 0.2) is 6.20 Å². The van der Waals surface area contributed by atoms with Crippen LogP contribution in [0, 0.1) is 0 Å². The van der Waals surface area contributed by atoms with Crippen LogP contribution >= 0.6 is 0 Å². The summed E-state index contributed by atoms with van der Waals surface area (Å²) in [5.74, 6) is 5.81. The number of rotatable bonds is 1. The Morgan fingerprint density at radius 3 is 2.71 bits per heavy atom. The molecule has 0 spiro atoms. The maximum absolute atomic E-state index is 5.28.